The topological polar surface area (TPSA) is 107 Å². The van der Waals surface area contributed by atoms with E-state index in [1.807, 2.05) is 60.7 Å². The molecule has 172 valence electrons. The Labute approximate surface area is 204 Å². The van der Waals surface area contributed by atoms with Gasteiger partial charge in [0.1, 0.15) is 5.82 Å². The van der Waals surface area contributed by atoms with Gasteiger partial charge in [-0.3, -0.25) is 14.8 Å². The van der Waals surface area contributed by atoms with Crippen LogP contribution >= 0.6 is 11.6 Å². The molecule has 5 aromatic rings. The summed E-state index contributed by atoms with van der Waals surface area (Å²) in [5, 5.41) is 3.71. The molecule has 5 rings (SSSR count). The van der Waals surface area contributed by atoms with Crippen molar-refractivity contribution in [3.63, 3.8) is 0 Å². The zero-order valence-electron chi connectivity index (χ0n) is 18.2. The first-order valence-corrected chi connectivity index (χ1v) is 11.0. The molecule has 0 saturated carbocycles. The lowest BCUT2D eigenvalue weighted by molar-refractivity contribution is 0.0946. The molecule has 2 aromatic carbocycles. The number of carbonyl (C=O) groups is 1. The molecule has 0 unspecified atom stereocenters. The molecule has 0 fully saturated rings. The molecule has 0 spiro atoms. The van der Waals surface area contributed by atoms with E-state index in [1.165, 1.54) is 0 Å². The quantitative estimate of drug-likeness (QED) is 0.361. The Balaban J connectivity index is 1.56. The third-order valence-corrected chi connectivity index (χ3v) is 5.69. The van der Waals surface area contributed by atoms with E-state index in [1.54, 1.807) is 6.20 Å². The van der Waals surface area contributed by atoms with Crippen molar-refractivity contribution < 1.29 is 9.18 Å². The van der Waals surface area contributed by atoms with Crippen LogP contribution in [0.1, 0.15) is 16.2 Å². The number of aromatic nitrogens is 4. The molecule has 0 aliphatic rings. The van der Waals surface area contributed by atoms with Crippen LogP contribution in [0.25, 0.3) is 33.4 Å². The molecule has 0 radical (unpaired) electrons. The number of halogens is 2. The van der Waals surface area contributed by atoms with Gasteiger partial charge in [0.15, 0.2) is 11.5 Å². The monoisotopic (exact) mass is 484 g/mol. The van der Waals surface area contributed by atoms with Crippen LogP contribution in [0.4, 0.5) is 10.2 Å². The zero-order chi connectivity index (χ0) is 24.4. The van der Waals surface area contributed by atoms with E-state index < -0.39 is 11.7 Å². The van der Waals surface area contributed by atoms with Crippen LogP contribution in [0.2, 0.25) is 5.02 Å². The van der Waals surface area contributed by atoms with Crippen LogP contribution in [-0.4, -0.2) is 25.8 Å². The number of rotatable bonds is 5. The SMILES string of the molecule is Nc1nc(-c2ccccc2)c(-c2ccc3ncccc3c2)nc1C(=O)NCc1ncc(F)cc1Cl. The second-order valence-corrected chi connectivity index (χ2v) is 8.10. The molecule has 0 aliphatic carbocycles. The molecule has 9 heteroatoms. The molecular weight excluding hydrogens is 467 g/mol. The Kier molecular flexibility index (Phi) is 6.03. The predicted molar refractivity (Wildman–Crippen MR) is 133 cm³/mol. The highest BCUT2D eigenvalue weighted by molar-refractivity contribution is 6.31. The third-order valence-electron chi connectivity index (χ3n) is 5.36. The number of nitrogens with zero attached hydrogens (tertiary/aromatic N) is 4. The van der Waals surface area contributed by atoms with Crippen molar-refractivity contribution in [2.75, 3.05) is 5.73 Å². The summed E-state index contributed by atoms with van der Waals surface area (Å²) >= 11 is 6.02. The summed E-state index contributed by atoms with van der Waals surface area (Å²) < 4.78 is 13.3. The predicted octanol–water partition coefficient (Wildman–Crippen LogP) is 5.06. The number of nitrogens with two attached hydrogens (primary N) is 1. The number of pyridine rings is 2. The maximum Gasteiger partial charge on any atom is 0.274 e. The van der Waals surface area contributed by atoms with Gasteiger partial charge < -0.3 is 11.1 Å². The number of nitrogen functional groups attached to an aromatic ring is 1. The van der Waals surface area contributed by atoms with Gasteiger partial charge in [-0.15, -0.1) is 0 Å². The summed E-state index contributed by atoms with van der Waals surface area (Å²) in [6, 6.07) is 20.1. The van der Waals surface area contributed by atoms with Crippen LogP contribution in [0.15, 0.2) is 79.1 Å². The zero-order valence-corrected chi connectivity index (χ0v) is 19.0. The van der Waals surface area contributed by atoms with Gasteiger partial charge in [0.2, 0.25) is 0 Å². The Bertz CT molecular complexity index is 1560. The first kappa shape index (κ1) is 22.4. The summed E-state index contributed by atoms with van der Waals surface area (Å²) in [6.45, 7) is -0.0313. The molecule has 0 bridgehead atoms. The minimum Gasteiger partial charge on any atom is -0.382 e. The fraction of sp³-hybridized carbons (Fsp3) is 0.0385. The lowest BCUT2D eigenvalue weighted by atomic mass is 10.0. The van der Waals surface area contributed by atoms with Crippen LogP contribution in [0, 0.1) is 5.82 Å². The number of nitrogens with one attached hydrogen (secondary N) is 1. The van der Waals surface area contributed by atoms with Gasteiger partial charge in [0, 0.05) is 22.7 Å². The number of amides is 1. The van der Waals surface area contributed by atoms with Crippen LogP contribution in [0.3, 0.4) is 0 Å². The molecular formula is C26H18ClFN6O. The van der Waals surface area contributed by atoms with Gasteiger partial charge in [-0.1, -0.05) is 54.1 Å². The number of anilines is 1. The highest BCUT2D eigenvalue weighted by Gasteiger charge is 2.20. The van der Waals surface area contributed by atoms with Crippen molar-refractivity contribution in [1.29, 1.82) is 0 Å². The number of carbonyl (C=O) groups excluding carboxylic acids is 1. The van der Waals surface area contributed by atoms with E-state index in [4.69, 9.17) is 17.3 Å². The minimum absolute atomic E-state index is 0.0225. The summed E-state index contributed by atoms with van der Waals surface area (Å²) in [5.41, 5.74) is 9.91. The van der Waals surface area contributed by atoms with Gasteiger partial charge in [0.05, 0.1) is 40.4 Å². The van der Waals surface area contributed by atoms with Crippen molar-refractivity contribution in [2.45, 2.75) is 6.54 Å². The summed E-state index contributed by atoms with van der Waals surface area (Å²) in [6.07, 6.45) is 2.76. The number of hydrogen-bond acceptors (Lipinski definition) is 6. The highest BCUT2D eigenvalue weighted by atomic mass is 35.5. The normalized spacial score (nSPS) is 10.9. The minimum atomic E-state index is -0.563. The second kappa shape index (κ2) is 9.44. The van der Waals surface area contributed by atoms with E-state index in [0.717, 1.165) is 34.3 Å². The van der Waals surface area contributed by atoms with Crippen molar-refractivity contribution >= 4 is 34.2 Å². The molecule has 35 heavy (non-hydrogen) atoms. The average molecular weight is 485 g/mol. The molecule has 1 amide bonds. The third kappa shape index (κ3) is 4.64. The molecule has 3 heterocycles. The Morgan fingerprint density at radius 1 is 0.943 bits per heavy atom. The average Bonchev–Trinajstić information content (AvgIpc) is 2.88. The van der Waals surface area contributed by atoms with E-state index in [0.29, 0.717) is 17.1 Å². The van der Waals surface area contributed by atoms with Crippen molar-refractivity contribution in [3.8, 4) is 22.5 Å². The standard InChI is InChI=1S/C26H18ClFN6O/c27-19-12-18(28)13-31-21(19)14-32-26(35)24-25(29)34-22(15-5-2-1-3-6-15)23(33-24)17-8-9-20-16(11-17)7-4-10-30-20/h1-13H,14H2,(H2,29,34)(H,32,35). The van der Waals surface area contributed by atoms with Gasteiger partial charge in [-0.25, -0.2) is 14.4 Å². The van der Waals surface area contributed by atoms with Crippen LogP contribution in [-0.2, 0) is 6.54 Å². The second-order valence-electron chi connectivity index (χ2n) is 7.70. The van der Waals surface area contributed by atoms with Gasteiger partial charge >= 0.3 is 0 Å². The number of benzene rings is 2. The largest absolute Gasteiger partial charge is 0.382 e. The first-order valence-electron chi connectivity index (χ1n) is 10.7. The lowest BCUT2D eigenvalue weighted by Crippen LogP contribution is -2.26. The highest BCUT2D eigenvalue weighted by Crippen LogP contribution is 2.32. The molecule has 3 aromatic heterocycles. The van der Waals surface area contributed by atoms with Gasteiger partial charge in [0.25, 0.3) is 5.91 Å². The fourth-order valence-electron chi connectivity index (χ4n) is 3.66. The lowest BCUT2D eigenvalue weighted by Gasteiger charge is -2.14. The van der Waals surface area contributed by atoms with Crippen molar-refractivity contribution in [2.24, 2.45) is 0 Å². The smallest absolute Gasteiger partial charge is 0.274 e. The molecule has 0 atom stereocenters. The summed E-state index contributed by atoms with van der Waals surface area (Å²) in [5.74, 6) is -1.14. The Morgan fingerprint density at radius 3 is 2.54 bits per heavy atom. The maximum atomic E-state index is 13.3. The van der Waals surface area contributed by atoms with Gasteiger partial charge in [-0.2, -0.15) is 0 Å². The van der Waals surface area contributed by atoms with Crippen LogP contribution < -0.4 is 11.1 Å². The molecule has 3 N–H and O–H groups in total. The molecule has 0 aliphatic heterocycles. The summed E-state index contributed by atoms with van der Waals surface area (Å²) in [4.78, 5) is 30.5. The molecule has 0 saturated heterocycles. The number of hydrogen-bond donors (Lipinski definition) is 2. The van der Waals surface area contributed by atoms with Gasteiger partial charge in [-0.05, 0) is 24.3 Å². The fourth-order valence-corrected chi connectivity index (χ4v) is 3.88. The maximum absolute atomic E-state index is 13.3. The van der Waals surface area contributed by atoms with Crippen molar-refractivity contribution in [1.82, 2.24) is 25.3 Å². The first-order chi connectivity index (χ1) is 17.0. The van der Waals surface area contributed by atoms with E-state index >= 15 is 0 Å². The Hall–Kier alpha value is -4.43. The van der Waals surface area contributed by atoms with E-state index in [9.17, 15) is 9.18 Å². The van der Waals surface area contributed by atoms with E-state index in [-0.39, 0.29) is 23.1 Å². The van der Waals surface area contributed by atoms with Crippen LogP contribution in [0.5, 0.6) is 0 Å². The van der Waals surface area contributed by atoms with Crippen molar-refractivity contribution in [3.05, 3.63) is 101 Å². The molecule has 7 nitrogen and oxygen atoms in total. The number of fused-ring (bicyclic) bond motifs is 1. The van der Waals surface area contributed by atoms with E-state index in [2.05, 4.69) is 25.3 Å². The Morgan fingerprint density at radius 2 is 1.74 bits per heavy atom. The summed E-state index contributed by atoms with van der Waals surface area (Å²) in [7, 11) is 0.